The molecule has 2 aliphatic rings. The van der Waals surface area contributed by atoms with Crippen molar-refractivity contribution in [3.05, 3.63) is 21.9 Å². The Morgan fingerprint density at radius 1 is 1.36 bits per heavy atom. The van der Waals surface area contributed by atoms with Gasteiger partial charge in [-0.3, -0.25) is 9.69 Å². The molecule has 3 rings (SSSR count). The number of hydrogen-bond donors (Lipinski definition) is 0. The van der Waals surface area contributed by atoms with Gasteiger partial charge in [-0.05, 0) is 44.7 Å². The van der Waals surface area contributed by atoms with E-state index in [1.165, 1.54) is 9.75 Å². The van der Waals surface area contributed by atoms with E-state index in [1.54, 1.807) is 4.90 Å². The molecule has 0 bridgehead atoms. The maximum atomic E-state index is 12.1. The largest absolute Gasteiger partial charge is 0.362 e. The lowest BCUT2D eigenvalue weighted by molar-refractivity contribution is -0.148. The molecule has 122 valence electrons. The summed E-state index contributed by atoms with van der Waals surface area (Å²) in [5, 5.41) is 0. The summed E-state index contributed by atoms with van der Waals surface area (Å²) in [6.45, 7) is 5.35. The Kier molecular flexibility index (Phi) is 4.57. The fraction of sp³-hybridized carbons (Fsp3) is 0.706. The number of piperidine rings is 1. The molecule has 5 heteroatoms. The van der Waals surface area contributed by atoms with Gasteiger partial charge >= 0.3 is 0 Å². The van der Waals surface area contributed by atoms with Crippen molar-refractivity contribution in [3.8, 4) is 0 Å². The summed E-state index contributed by atoms with van der Waals surface area (Å²) in [5.74, 6) is 0.119. The van der Waals surface area contributed by atoms with Crippen molar-refractivity contribution in [2.45, 2.75) is 50.9 Å². The third-order valence-corrected chi connectivity index (χ3v) is 5.90. The number of rotatable bonds is 3. The van der Waals surface area contributed by atoms with Crippen LogP contribution >= 0.6 is 11.3 Å². The third-order valence-electron chi connectivity index (χ3n) is 4.91. The second-order valence-electron chi connectivity index (χ2n) is 6.85. The predicted octanol–water partition coefficient (Wildman–Crippen LogP) is 2.66. The van der Waals surface area contributed by atoms with E-state index in [-0.39, 0.29) is 17.6 Å². The van der Waals surface area contributed by atoms with E-state index in [9.17, 15) is 4.79 Å². The van der Waals surface area contributed by atoms with Crippen LogP contribution in [-0.2, 0) is 16.1 Å². The number of aryl methyl sites for hydroxylation is 1. The lowest BCUT2D eigenvalue weighted by Crippen LogP contribution is -2.45. The van der Waals surface area contributed by atoms with Crippen molar-refractivity contribution in [2.75, 3.05) is 27.2 Å². The second kappa shape index (κ2) is 6.30. The van der Waals surface area contributed by atoms with Crippen molar-refractivity contribution in [3.63, 3.8) is 0 Å². The van der Waals surface area contributed by atoms with Gasteiger partial charge in [0.25, 0.3) is 5.91 Å². The first-order valence-corrected chi connectivity index (χ1v) is 8.96. The molecule has 2 aliphatic heterocycles. The van der Waals surface area contributed by atoms with Gasteiger partial charge in [-0.1, -0.05) is 0 Å². The van der Waals surface area contributed by atoms with Crippen LogP contribution in [0.5, 0.6) is 0 Å². The Labute approximate surface area is 137 Å². The fourth-order valence-electron chi connectivity index (χ4n) is 3.55. The number of nitrogens with zero attached hydrogens (tertiary/aromatic N) is 2. The zero-order valence-electron chi connectivity index (χ0n) is 13.8. The maximum absolute atomic E-state index is 12.1. The van der Waals surface area contributed by atoms with Crippen molar-refractivity contribution >= 4 is 17.2 Å². The molecule has 0 N–H and O–H groups in total. The quantitative estimate of drug-likeness (QED) is 0.858. The van der Waals surface area contributed by atoms with Gasteiger partial charge in [0.1, 0.15) is 6.10 Å². The van der Waals surface area contributed by atoms with E-state index in [0.717, 1.165) is 45.3 Å². The number of likely N-dealkylation sites (tertiary alicyclic amines) is 1. The monoisotopic (exact) mass is 322 g/mol. The molecule has 1 atom stereocenters. The van der Waals surface area contributed by atoms with Crippen molar-refractivity contribution in [2.24, 2.45) is 0 Å². The summed E-state index contributed by atoms with van der Waals surface area (Å²) in [6.07, 6.45) is 3.79. The lowest BCUT2D eigenvalue weighted by Gasteiger charge is -2.39. The topological polar surface area (TPSA) is 32.8 Å². The number of carbonyl (C=O) groups excluding carboxylic acids is 1. The van der Waals surface area contributed by atoms with Gasteiger partial charge in [0.15, 0.2) is 0 Å². The van der Waals surface area contributed by atoms with Gasteiger partial charge in [0.2, 0.25) is 0 Å². The van der Waals surface area contributed by atoms with Gasteiger partial charge in [-0.2, -0.15) is 0 Å². The third kappa shape index (κ3) is 3.36. The molecule has 0 aromatic carbocycles. The minimum atomic E-state index is -0.221. The highest BCUT2D eigenvalue weighted by Gasteiger charge is 2.44. The van der Waals surface area contributed by atoms with Crippen molar-refractivity contribution in [1.29, 1.82) is 0 Å². The number of likely N-dealkylation sites (N-methyl/N-ethyl adjacent to an activating group) is 1. The van der Waals surface area contributed by atoms with Gasteiger partial charge in [-0.15, -0.1) is 11.3 Å². The number of amides is 1. The molecule has 0 aliphatic carbocycles. The molecule has 2 fully saturated rings. The Morgan fingerprint density at radius 3 is 2.68 bits per heavy atom. The molecule has 1 aromatic rings. The van der Waals surface area contributed by atoms with E-state index < -0.39 is 0 Å². The first-order valence-electron chi connectivity index (χ1n) is 8.14. The van der Waals surface area contributed by atoms with Gasteiger partial charge in [-0.25, -0.2) is 0 Å². The van der Waals surface area contributed by atoms with Crippen LogP contribution in [-0.4, -0.2) is 54.6 Å². The highest BCUT2D eigenvalue weighted by atomic mass is 32.1. The Balaban J connectivity index is 1.52. The molecular formula is C17H26N2O2S. The first-order chi connectivity index (χ1) is 10.5. The van der Waals surface area contributed by atoms with Crippen LogP contribution in [0, 0.1) is 6.92 Å². The summed E-state index contributed by atoms with van der Waals surface area (Å²) in [7, 11) is 3.62. The molecule has 1 aromatic heterocycles. The highest BCUT2D eigenvalue weighted by molar-refractivity contribution is 7.11. The lowest BCUT2D eigenvalue weighted by atomic mass is 9.88. The summed E-state index contributed by atoms with van der Waals surface area (Å²) in [6, 6.07) is 4.44. The summed E-state index contributed by atoms with van der Waals surface area (Å²) < 4.78 is 6.20. The van der Waals surface area contributed by atoms with Crippen molar-refractivity contribution in [1.82, 2.24) is 9.80 Å². The maximum Gasteiger partial charge on any atom is 0.251 e. The molecule has 2 saturated heterocycles. The van der Waals surface area contributed by atoms with Gasteiger partial charge in [0.05, 0.1) is 5.60 Å². The van der Waals surface area contributed by atoms with E-state index in [4.69, 9.17) is 4.74 Å². The zero-order chi connectivity index (χ0) is 15.7. The predicted molar refractivity (Wildman–Crippen MR) is 89.1 cm³/mol. The molecule has 1 amide bonds. The van der Waals surface area contributed by atoms with Crippen LogP contribution < -0.4 is 0 Å². The number of thiophene rings is 1. The van der Waals surface area contributed by atoms with E-state index in [2.05, 4.69) is 24.0 Å². The molecular weight excluding hydrogens is 296 g/mol. The van der Waals surface area contributed by atoms with Crippen LogP contribution in [0.3, 0.4) is 0 Å². The molecule has 3 heterocycles. The molecule has 0 radical (unpaired) electrons. The molecule has 0 unspecified atom stereocenters. The summed E-state index contributed by atoms with van der Waals surface area (Å²) in [4.78, 5) is 19.1. The zero-order valence-corrected chi connectivity index (χ0v) is 14.6. The second-order valence-corrected chi connectivity index (χ2v) is 8.22. The number of hydrogen-bond acceptors (Lipinski definition) is 4. The Morgan fingerprint density at radius 2 is 2.09 bits per heavy atom. The fourth-order valence-corrected chi connectivity index (χ4v) is 4.49. The minimum Gasteiger partial charge on any atom is -0.362 e. The summed E-state index contributed by atoms with van der Waals surface area (Å²) in [5.41, 5.74) is -0.0434. The van der Waals surface area contributed by atoms with Gasteiger partial charge in [0, 0.05) is 43.5 Å². The molecule has 1 spiro atoms. The summed E-state index contributed by atoms with van der Waals surface area (Å²) >= 11 is 1.89. The van der Waals surface area contributed by atoms with Gasteiger partial charge < -0.3 is 9.64 Å². The average molecular weight is 322 g/mol. The SMILES string of the molecule is Cc1ccc(CN2CCC3(CC[C@H](C(=O)N(C)C)O3)CC2)s1. The Hall–Kier alpha value is -0.910. The van der Waals surface area contributed by atoms with Crippen LogP contribution in [0.15, 0.2) is 12.1 Å². The number of ether oxygens (including phenoxy) is 1. The van der Waals surface area contributed by atoms with E-state index >= 15 is 0 Å². The highest BCUT2D eigenvalue weighted by Crippen LogP contribution is 2.39. The Bertz CT molecular complexity index is 533. The van der Waals surface area contributed by atoms with Crippen LogP contribution in [0.25, 0.3) is 0 Å². The molecule has 22 heavy (non-hydrogen) atoms. The minimum absolute atomic E-state index is 0.0434. The van der Waals surface area contributed by atoms with Crippen molar-refractivity contribution < 1.29 is 9.53 Å². The normalized spacial score (nSPS) is 24.8. The van der Waals surface area contributed by atoms with E-state index in [0.29, 0.717) is 0 Å². The van der Waals surface area contributed by atoms with Crippen LogP contribution in [0.1, 0.15) is 35.4 Å². The van der Waals surface area contributed by atoms with Crippen LogP contribution in [0.4, 0.5) is 0 Å². The molecule has 4 nitrogen and oxygen atoms in total. The molecule has 0 saturated carbocycles. The number of carbonyl (C=O) groups is 1. The first kappa shape index (κ1) is 16.0. The smallest absolute Gasteiger partial charge is 0.251 e. The van der Waals surface area contributed by atoms with Crippen LogP contribution in [0.2, 0.25) is 0 Å². The average Bonchev–Trinajstić information content (AvgIpc) is 3.08. The van der Waals surface area contributed by atoms with E-state index in [1.807, 2.05) is 25.4 Å². The standard InChI is InChI=1S/C17H26N2O2S/c1-13-4-5-14(22-13)12-19-10-8-17(9-11-19)7-6-15(21-17)16(20)18(2)3/h4-5,15H,6-12H2,1-3H3/t15-/m1/s1.